The van der Waals surface area contributed by atoms with Crippen molar-refractivity contribution in [1.82, 2.24) is 15.1 Å². The topological polar surface area (TPSA) is 114 Å². The number of unbranched alkanes of at least 4 members (excludes halogenated alkanes) is 24. The minimum absolute atomic E-state index is 0.00373. The molecule has 0 aromatic carbocycles. The molecule has 0 radical (unpaired) electrons. The molecule has 0 aliphatic rings. The zero-order valence-electron chi connectivity index (χ0n) is 39.5. The second kappa shape index (κ2) is 43.7. The highest BCUT2D eigenvalue weighted by atomic mass is 16.6. The number of nitrogens with zero attached hydrogens (tertiary/aromatic N) is 3. The van der Waals surface area contributed by atoms with Crippen LogP contribution < -0.4 is 5.32 Å². The Morgan fingerprint density at radius 1 is 0.559 bits per heavy atom. The van der Waals surface area contributed by atoms with Gasteiger partial charge in [0.05, 0.1) is 11.5 Å². The van der Waals surface area contributed by atoms with Gasteiger partial charge in [0.2, 0.25) is 0 Å². The second-order valence-corrected chi connectivity index (χ2v) is 17.4. The van der Waals surface area contributed by atoms with Gasteiger partial charge in [0.15, 0.2) is 5.82 Å². The van der Waals surface area contributed by atoms with Crippen molar-refractivity contribution in [2.75, 3.05) is 46.9 Å². The number of nitro groups is 1. The van der Waals surface area contributed by atoms with Crippen molar-refractivity contribution < 1.29 is 24.0 Å². The SMILES string of the molecule is CCCCCCCCCOC(=O)CCCCCCCN(CCCCCCCC(=O)OC(CCCCCCCC)CCCCCCCC)CCCN/C(=C/[N+](=O)[O-])N(C)C. The van der Waals surface area contributed by atoms with Crippen molar-refractivity contribution in [3.05, 3.63) is 22.1 Å². The Labute approximate surface area is 364 Å². The minimum atomic E-state index is -0.414. The predicted octanol–water partition coefficient (Wildman–Crippen LogP) is 13.3. The summed E-state index contributed by atoms with van der Waals surface area (Å²) in [5, 5.41) is 14.3. The molecule has 0 atom stereocenters. The van der Waals surface area contributed by atoms with E-state index in [1.807, 2.05) is 14.1 Å². The van der Waals surface area contributed by atoms with Gasteiger partial charge < -0.3 is 24.6 Å². The van der Waals surface area contributed by atoms with Crippen molar-refractivity contribution >= 4 is 11.9 Å². The van der Waals surface area contributed by atoms with Gasteiger partial charge in [-0.2, -0.15) is 0 Å². The molecule has 0 saturated heterocycles. The summed E-state index contributed by atoms with van der Waals surface area (Å²) < 4.78 is 11.5. The standard InChI is InChI=1S/C49H96N4O6/c1-6-9-12-15-18-27-34-44-58-48(54)38-30-23-19-25-32-41-52(43-35-40-50-47(51(4)5)45-53(56)57)42-33-26-20-24-31-39-49(55)59-46(36-28-21-16-13-10-7-2)37-29-22-17-14-11-8-3/h45-46,50H,6-44H2,1-5H3/b47-45-. The zero-order chi connectivity index (χ0) is 43.4. The Bertz CT molecular complexity index is 978. The Kier molecular flexibility index (Phi) is 42.0. The van der Waals surface area contributed by atoms with E-state index in [2.05, 4.69) is 31.0 Å². The Morgan fingerprint density at radius 2 is 0.966 bits per heavy atom. The number of esters is 2. The average Bonchev–Trinajstić information content (AvgIpc) is 3.21. The maximum Gasteiger partial charge on any atom is 0.306 e. The summed E-state index contributed by atoms with van der Waals surface area (Å²) in [7, 11) is 3.62. The van der Waals surface area contributed by atoms with E-state index in [0.29, 0.717) is 31.8 Å². The molecule has 0 fully saturated rings. The first-order valence-corrected chi connectivity index (χ1v) is 25.1. The molecule has 0 unspecified atom stereocenters. The van der Waals surface area contributed by atoms with Crippen LogP contribution in [0.3, 0.4) is 0 Å². The maximum absolute atomic E-state index is 12.8. The van der Waals surface area contributed by atoms with Gasteiger partial charge in [-0.15, -0.1) is 0 Å². The summed E-state index contributed by atoms with van der Waals surface area (Å²) in [4.78, 5) is 39.9. The van der Waals surface area contributed by atoms with Crippen LogP contribution in [0.15, 0.2) is 12.0 Å². The quantitative estimate of drug-likeness (QED) is 0.0277. The van der Waals surface area contributed by atoms with Crippen LogP contribution in [0.2, 0.25) is 0 Å². The van der Waals surface area contributed by atoms with Crippen LogP contribution in [0.1, 0.15) is 239 Å². The summed E-state index contributed by atoms with van der Waals surface area (Å²) in [5.74, 6) is 0.460. The van der Waals surface area contributed by atoms with Crippen LogP contribution in [0.4, 0.5) is 0 Å². The van der Waals surface area contributed by atoms with Crippen LogP contribution in [-0.2, 0) is 19.1 Å². The highest BCUT2D eigenvalue weighted by molar-refractivity contribution is 5.69. The maximum atomic E-state index is 12.8. The third kappa shape index (κ3) is 40.8. The van der Waals surface area contributed by atoms with Crippen LogP contribution >= 0.6 is 0 Å². The van der Waals surface area contributed by atoms with Gasteiger partial charge in [-0.3, -0.25) is 19.7 Å². The number of ether oxygens (including phenoxy) is 2. The van der Waals surface area contributed by atoms with E-state index >= 15 is 0 Å². The van der Waals surface area contributed by atoms with E-state index in [0.717, 1.165) is 135 Å². The number of hydrogen-bond donors (Lipinski definition) is 1. The lowest BCUT2D eigenvalue weighted by Gasteiger charge is -2.23. The lowest BCUT2D eigenvalue weighted by Crippen LogP contribution is -2.32. The van der Waals surface area contributed by atoms with E-state index in [1.165, 1.54) is 96.3 Å². The van der Waals surface area contributed by atoms with Gasteiger partial charge in [0, 0.05) is 33.5 Å². The molecule has 0 rings (SSSR count). The molecule has 0 saturated carbocycles. The molecule has 0 amide bonds. The molecule has 348 valence electrons. The van der Waals surface area contributed by atoms with Crippen molar-refractivity contribution in [2.45, 2.75) is 245 Å². The number of nitrogens with one attached hydrogen (secondary N) is 1. The second-order valence-electron chi connectivity index (χ2n) is 17.4. The Hall–Kier alpha value is -2.36. The molecule has 0 aliphatic heterocycles. The summed E-state index contributed by atoms with van der Waals surface area (Å²) >= 11 is 0. The molecule has 59 heavy (non-hydrogen) atoms. The third-order valence-electron chi connectivity index (χ3n) is 11.4. The molecule has 0 spiro atoms. The lowest BCUT2D eigenvalue weighted by molar-refractivity contribution is -0.404. The van der Waals surface area contributed by atoms with Gasteiger partial charge in [0.25, 0.3) is 6.20 Å². The summed E-state index contributed by atoms with van der Waals surface area (Å²) in [6, 6.07) is 0. The van der Waals surface area contributed by atoms with Gasteiger partial charge in [-0.05, 0) is 83.8 Å². The van der Waals surface area contributed by atoms with E-state index in [4.69, 9.17) is 9.47 Å². The van der Waals surface area contributed by atoms with Gasteiger partial charge in [-0.1, -0.05) is 162 Å². The number of carbonyl (C=O) groups excluding carboxylic acids is 2. The highest BCUT2D eigenvalue weighted by Crippen LogP contribution is 2.19. The van der Waals surface area contributed by atoms with E-state index in [-0.39, 0.29) is 18.0 Å². The molecular weight excluding hydrogens is 741 g/mol. The molecule has 0 bridgehead atoms. The smallest absolute Gasteiger partial charge is 0.306 e. The number of hydrogen-bond acceptors (Lipinski definition) is 9. The molecule has 0 aromatic heterocycles. The minimum Gasteiger partial charge on any atom is -0.466 e. The summed E-state index contributed by atoms with van der Waals surface area (Å²) in [5.41, 5.74) is 0. The molecule has 0 aliphatic carbocycles. The van der Waals surface area contributed by atoms with Crippen LogP contribution in [-0.4, -0.2) is 79.6 Å². The van der Waals surface area contributed by atoms with Gasteiger partial charge >= 0.3 is 11.9 Å². The largest absolute Gasteiger partial charge is 0.466 e. The fourth-order valence-electron chi connectivity index (χ4n) is 7.67. The molecule has 10 heteroatoms. The molecular formula is C49H96N4O6. The normalized spacial score (nSPS) is 11.7. The van der Waals surface area contributed by atoms with Crippen molar-refractivity contribution in [3.8, 4) is 0 Å². The monoisotopic (exact) mass is 837 g/mol. The van der Waals surface area contributed by atoms with Gasteiger partial charge in [-0.25, -0.2) is 0 Å². The zero-order valence-corrected chi connectivity index (χ0v) is 39.5. The third-order valence-corrected chi connectivity index (χ3v) is 11.4. The van der Waals surface area contributed by atoms with Crippen LogP contribution in [0.25, 0.3) is 0 Å². The van der Waals surface area contributed by atoms with Crippen molar-refractivity contribution in [3.63, 3.8) is 0 Å². The van der Waals surface area contributed by atoms with Gasteiger partial charge in [0.1, 0.15) is 6.10 Å². The number of rotatable bonds is 46. The predicted molar refractivity (Wildman–Crippen MR) is 248 cm³/mol. The summed E-state index contributed by atoms with van der Waals surface area (Å²) in [6.07, 6.45) is 39.6. The molecule has 1 N–H and O–H groups in total. The first kappa shape index (κ1) is 56.6. The molecule has 0 aromatic rings. The van der Waals surface area contributed by atoms with Crippen molar-refractivity contribution in [1.29, 1.82) is 0 Å². The van der Waals surface area contributed by atoms with E-state index in [9.17, 15) is 19.7 Å². The Morgan fingerprint density at radius 3 is 1.44 bits per heavy atom. The first-order valence-electron chi connectivity index (χ1n) is 25.1. The fourth-order valence-corrected chi connectivity index (χ4v) is 7.67. The van der Waals surface area contributed by atoms with Crippen LogP contribution in [0.5, 0.6) is 0 Å². The number of carbonyl (C=O) groups is 2. The van der Waals surface area contributed by atoms with Crippen molar-refractivity contribution in [2.24, 2.45) is 0 Å². The van der Waals surface area contributed by atoms with Crippen LogP contribution in [0, 0.1) is 10.1 Å². The fraction of sp³-hybridized carbons (Fsp3) is 0.918. The Balaban J connectivity index is 4.55. The molecule has 0 heterocycles. The van der Waals surface area contributed by atoms with E-state index in [1.54, 1.807) is 4.90 Å². The van der Waals surface area contributed by atoms with E-state index < -0.39 is 4.92 Å². The average molecular weight is 837 g/mol. The lowest BCUT2D eigenvalue weighted by atomic mass is 10.0. The molecule has 10 nitrogen and oxygen atoms in total. The first-order chi connectivity index (χ1) is 28.7. The highest BCUT2D eigenvalue weighted by Gasteiger charge is 2.15. The summed E-state index contributed by atoms with van der Waals surface area (Å²) in [6.45, 7) is 11.0.